The number of carbonyl (C=O) groups excluding carboxylic acids is 4. The lowest BCUT2D eigenvalue weighted by molar-refractivity contribution is -0.236. The lowest BCUT2D eigenvalue weighted by Crippen LogP contribution is -2.75. The molecule has 2 saturated carbocycles. The second-order valence-corrected chi connectivity index (χ2v) is 12.3. The Bertz CT molecular complexity index is 1190. The number of fused-ring (bicyclic) bond motifs is 3. The monoisotopic (exact) mass is 502 g/mol. The van der Waals surface area contributed by atoms with Crippen molar-refractivity contribution in [2.75, 3.05) is 0 Å². The first-order chi connectivity index (χ1) is 16.6. The highest BCUT2D eigenvalue weighted by Gasteiger charge is 2.89. The van der Waals surface area contributed by atoms with Crippen molar-refractivity contribution in [3.8, 4) is 0 Å². The van der Waals surface area contributed by atoms with Gasteiger partial charge in [0.2, 0.25) is 6.29 Å². The van der Waals surface area contributed by atoms with E-state index in [0.29, 0.717) is 0 Å². The minimum absolute atomic E-state index is 0.0430. The molecule has 6 rings (SSSR count). The number of hydrogen-bond donors (Lipinski definition) is 2. The topological polar surface area (TPSA) is 149 Å². The Morgan fingerprint density at radius 3 is 2.28 bits per heavy atom. The minimum atomic E-state index is -1.61. The van der Waals surface area contributed by atoms with E-state index in [2.05, 4.69) is 0 Å². The third-order valence-corrected chi connectivity index (χ3v) is 10.2. The maximum atomic E-state index is 14.2. The molecule has 0 aromatic rings. The van der Waals surface area contributed by atoms with Crippen LogP contribution < -0.4 is 0 Å². The molecule has 10 nitrogen and oxygen atoms in total. The van der Waals surface area contributed by atoms with Gasteiger partial charge in [0.1, 0.15) is 23.1 Å². The van der Waals surface area contributed by atoms with Gasteiger partial charge in [-0.05, 0) is 32.6 Å². The number of cyclic esters (lactones) is 3. The van der Waals surface area contributed by atoms with Gasteiger partial charge in [-0.3, -0.25) is 4.79 Å². The first-order valence-electron chi connectivity index (χ1n) is 12.3. The zero-order valence-corrected chi connectivity index (χ0v) is 20.8. The molecule has 0 bridgehead atoms. The van der Waals surface area contributed by atoms with Crippen molar-refractivity contribution in [2.24, 2.45) is 28.1 Å². The van der Waals surface area contributed by atoms with Gasteiger partial charge in [0, 0.05) is 41.4 Å². The minimum Gasteiger partial charge on any atom is -0.456 e. The van der Waals surface area contributed by atoms with Crippen LogP contribution in [0.5, 0.6) is 0 Å². The van der Waals surface area contributed by atoms with E-state index in [1.165, 1.54) is 6.08 Å². The second-order valence-electron chi connectivity index (χ2n) is 12.3. The Balaban J connectivity index is 1.55. The largest absolute Gasteiger partial charge is 0.456 e. The van der Waals surface area contributed by atoms with Crippen LogP contribution in [-0.4, -0.2) is 69.7 Å². The Morgan fingerprint density at radius 2 is 1.64 bits per heavy atom. The van der Waals surface area contributed by atoms with Gasteiger partial charge in [0.05, 0.1) is 11.5 Å². The van der Waals surface area contributed by atoms with E-state index in [0.717, 1.165) is 6.08 Å². The van der Waals surface area contributed by atoms with Crippen LogP contribution in [0.4, 0.5) is 0 Å². The van der Waals surface area contributed by atoms with Crippen molar-refractivity contribution < 1.29 is 48.3 Å². The lowest BCUT2D eigenvalue weighted by atomic mass is 9.37. The predicted octanol–water partition coefficient (Wildman–Crippen LogP) is 0.731. The number of hydrogen-bond acceptors (Lipinski definition) is 10. The summed E-state index contributed by atoms with van der Waals surface area (Å²) in [5, 5.41) is 22.2. The van der Waals surface area contributed by atoms with E-state index in [9.17, 15) is 29.4 Å². The molecule has 194 valence electrons. The van der Waals surface area contributed by atoms with Crippen LogP contribution in [0.2, 0.25) is 0 Å². The molecule has 0 aromatic carbocycles. The molecule has 1 spiro atoms. The average Bonchev–Trinajstić information content (AvgIpc) is 3.47. The quantitative estimate of drug-likeness (QED) is 0.299. The number of ketones is 1. The van der Waals surface area contributed by atoms with Crippen LogP contribution in [0.25, 0.3) is 0 Å². The molecule has 6 aliphatic rings. The summed E-state index contributed by atoms with van der Waals surface area (Å²) in [6.45, 7) is 8.94. The highest BCUT2D eigenvalue weighted by Crippen LogP contribution is 2.77. The molecule has 4 fully saturated rings. The van der Waals surface area contributed by atoms with E-state index >= 15 is 0 Å². The molecule has 10 atom stereocenters. The van der Waals surface area contributed by atoms with E-state index in [1.54, 1.807) is 33.8 Å². The summed E-state index contributed by atoms with van der Waals surface area (Å²) >= 11 is 0. The molecule has 1 unspecified atom stereocenters. The van der Waals surface area contributed by atoms with E-state index < -0.39 is 81.8 Å². The Hall–Kier alpha value is -2.56. The molecular weight excluding hydrogens is 472 g/mol. The van der Waals surface area contributed by atoms with Gasteiger partial charge in [0.15, 0.2) is 6.10 Å². The molecule has 10 heteroatoms. The highest BCUT2D eigenvalue weighted by molar-refractivity contribution is 5.94. The number of ether oxygens (including phenoxy) is 4. The van der Waals surface area contributed by atoms with Crippen molar-refractivity contribution in [1.82, 2.24) is 0 Å². The zero-order valence-electron chi connectivity index (χ0n) is 20.8. The molecule has 4 aliphatic heterocycles. The van der Waals surface area contributed by atoms with Crippen LogP contribution in [0.3, 0.4) is 0 Å². The summed E-state index contributed by atoms with van der Waals surface area (Å²) in [7, 11) is 0. The fraction of sp³-hybridized carbons (Fsp3) is 0.692. The molecule has 4 heterocycles. The van der Waals surface area contributed by atoms with Gasteiger partial charge in [-0.2, -0.15) is 0 Å². The maximum Gasteiger partial charge on any atom is 0.339 e. The van der Waals surface area contributed by atoms with Crippen molar-refractivity contribution in [1.29, 1.82) is 0 Å². The molecule has 2 N–H and O–H groups in total. The zero-order chi connectivity index (χ0) is 26.2. The summed E-state index contributed by atoms with van der Waals surface area (Å²) in [5.41, 5.74) is -5.65. The number of epoxide rings is 1. The van der Waals surface area contributed by atoms with Gasteiger partial charge in [-0.15, -0.1) is 0 Å². The normalized spacial score (nSPS) is 52.5. The van der Waals surface area contributed by atoms with Gasteiger partial charge < -0.3 is 29.2 Å². The summed E-state index contributed by atoms with van der Waals surface area (Å²) in [6, 6.07) is 0. The average molecular weight is 503 g/mol. The van der Waals surface area contributed by atoms with Crippen molar-refractivity contribution >= 4 is 23.7 Å². The van der Waals surface area contributed by atoms with Gasteiger partial charge in [-0.25, -0.2) is 14.4 Å². The molecule has 2 saturated heterocycles. The predicted molar refractivity (Wildman–Crippen MR) is 119 cm³/mol. The standard InChI is InChI=1S/C26H30O10/c1-22(2)13-9-14(28)25(5)17(23(13,3)7-6-15(29)35-22)12(27)10-24(4)18(11-8-16(30)33-20(11)31)34-21(32)19-26(24,25)36-19/h6-8,12-13,17-20,27,31H,9-10H2,1-5H3/t12-,13-,17+,18+,19+,20?,23-,24-,25+,26+/m0/s1. The first kappa shape index (κ1) is 23.8. The number of carbonyl (C=O) groups is 4. The van der Waals surface area contributed by atoms with E-state index in [-0.39, 0.29) is 24.2 Å². The second kappa shape index (κ2) is 6.65. The molecule has 36 heavy (non-hydrogen) atoms. The Kier molecular flexibility index (Phi) is 4.40. The van der Waals surface area contributed by atoms with Crippen LogP contribution >= 0.6 is 0 Å². The smallest absolute Gasteiger partial charge is 0.339 e. The molecule has 2 aliphatic carbocycles. The lowest BCUT2D eigenvalue weighted by Gasteiger charge is -2.66. The van der Waals surface area contributed by atoms with Crippen molar-refractivity contribution in [3.05, 3.63) is 23.8 Å². The van der Waals surface area contributed by atoms with E-state index in [4.69, 9.17) is 18.9 Å². The van der Waals surface area contributed by atoms with Gasteiger partial charge in [-0.1, -0.05) is 19.9 Å². The number of esters is 3. The third-order valence-electron chi connectivity index (χ3n) is 10.2. The van der Waals surface area contributed by atoms with Crippen LogP contribution in [0.1, 0.15) is 47.5 Å². The fourth-order valence-electron chi connectivity index (χ4n) is 8.86. The van der Waals surface area contributed by atoms with Crippen molar-refractivity contribution in [2.45, 2.75) is 83.3 Å². The summed E-state index contributed by atoms with van der Waals surface area (Å²) < 4.78 is 22.4. The molecule has 0 radical (unpaired) electrons. The van der Waals surface area contributed by atoms with Crippen LogP contribution in [0.15, 0.2) is 23.8 Å². The summed E-state index contributed by atoms with van der Waals surface area (Å²) in [4.78, 5) is 51.6. The van der Waals surface area contributed by atoms with Crippen LogP contribution in [0, 0.1) is 28.1 Å². The highest BCUT2D eigenvalue weighted by atomic mass is 16.7. The Morgan fingerprint density at radius 1 is 0.944 bits per heavy atom. The van der Waals surface area contributed by atoms with Gasteiger partial charge >= 0.3 is 17.9 Å². The SMILES string of the molecule is CC1(C)OC(=O)C=C[C@]2(C)[C@H]3[C@@H](O)C[C@@]4(C)[C@@H](C5=CC(=O)OC5O)OC(=O)[C@H]5O[C@]54[C@]3(C)C(=O)C[C@@H]12. The molecular formula is C26H30O10. The number of rotatable bonds is 1. The number of aliphatic hydroxyl groups is 2. The summed E-state index contributed by atoms with van der Waals surface area (Å²) in [6.07, 6.45) is -0.609. The Labute approximate surface area is 207 Å². The van der Waals surface area contributed by atoms with E-state index in [1.807, 2.05) is 6.92 Å². The van der Waals surface area contributed by atoms with Gasteiger partial charge in [0.25, 0.3) is 0 Å². The fourth-order valence-corrected chi connectivity index (χ4v) is 8.86. The number of Topliss-reactive ketones (excluding diaryl/α,β-unsaturated/α-hetero) is 1. The summed E-state index contributed by atoms with van der Waals surface area (Å²) in [5.74, 6) is -3.34. The molecule has 0 aromatic heterocycles. The van der Waals surface area contributed by atoms with Crippen LogP contribution in [-0.2, 0) is 38.1 Å². The molecule has 0 amide bonds. The maximum absolute atomic E-state index is 14.2. The number of allylic oxidation sites excluding steroid dienone is 1. The number of aliphatic hydroxyl groups excluding tert-OH is 2. The first-order valence-corrected chi connectivity index (χ1v) is 12.3. The van der Waals surface area contributed by atoms with Crippen molar-refractivity contribution in [3.63, 3.8) is 0 Å². The third kappa shape index (κ3) is 2.48.